The third kappa shape index (κ3) is 4.19. The Kier molecular flexibility index (Phi) is 5.00. The molecule has 0 aliphatic carbocycles. The third-order valence-electron chi connectivity index (χ3n) is 3.80. The minimum Gasteiger partial charge on any atom is -0.377 e. The molecule has 2 atom stereocenters. The molecule has 0 aromatic rings. The number of piperidine rings is 1. The van der Waals surface area contributed by atoms with Gasteiger partial charge in [-0.25, -0.2) is 13.1 Å². The molecular formula is C12H24N2O3S. The summed E-state index contributed by atoms with van der Waals surface area (Å²) in [6.07, 6.45) is 3.94. The molecule has 2 saturated heterocycles. The van der Waals surface area contributed by atoms with Crippen molar-refractivity contribution in [3.05, 3.63) is 0 Å². The van der Waals surface area contributed by atoms with Gasteiger partial charge in [0.2, 0.25) is 10.0 Å². The molecule has 2 unspecified atom stereocenters. The highest BCUT2D eigenvalue weighted by Crippen LogP contribution is 2.18. The van der Waals surface area contributed by atoms with Gasteiger partial charge in [0, 0.05) is 12.6 Å². The first-order chi connectivity index (χ1) is 8.57. The topological polar surface area (TPSA) is 67.4 Å². The predicted molar refractivity (Wildman–Crippen MR) is 71.0 cm³/mol. The predicted octanol–water partition coefficient (Wildman–Crippen LogP) is 0.473. The molecule has 0 aromatic carbocycles. The van der Waals surface area contributed by atoms with Crippen molar-refractivity contribution in [2.75, 3.05) is 25.4 Å². The molecule has 18 heavy (non-hydrogen) atoms. The fourth-order valence-electron chi connectivity index (χ4n) is 2.76. The minimum atomic E-state index is -3.18. The van der Waals surface area contributed by atoms with Crippen LogP contribution in [0.5, 0.6) is 0 Å². The monoisotopic (exact) mass is 276 g/mol. The summed E-state index contributed by atoms with van der Waals surface area (Å²) >= 11 is 0. The van der Waals surface area contributed by atoms with Crippen LogP contribution in [-0.4, -0.2) is 46.0 Å². The van der Waals surface area contributed by atoms with Crippen molar-refractivity contribution in [1.82, 2.24) is 10.0 Å². The van der Waals surface area contributed by atoms with E-state index in [1.54, 1.807) is 0 Å². The Morgan fingerprint density at radius 3 is 2.67 bits per heavy atom. The Labute approximate surface area is 110 Å². The van der Waals surface area contributed by atoms with Crippen LogP contribution in [-0.2, 0) is 14.8 Å². The lowest BCUT2D eigenvalue weighted by atomic mass is 10.0. The molecular weight excluding hydrogens is 252 g/mol. The maximum atomic E-state index is 12.1. The quantitative estimate of drug-likeness (QED) is 0.766. The molecule has 2 N–H and O–H groups in total. The molecule has 2 aliphatic heterocycles. The van der Waals surface area contributed by atoms with Gasteiger partial charge in [0.25, 0.3) is 0 Å². The molecule has 0 saturated carbocycles. The summed E-state index contributed by atoms with van der Waals surface area (Å²) < 4.78 is 32.4. The number of hydrogen-bond acceptors (Lipinski definition) is 4. The van der Waals surface area contributed by atoms with E-state index in [0.29, 0.717) is 5.92 Å². The van der Waals surface area contributed by atoms with E-state index in [4.69, 9.17) is 4.74 Å². The molecule has 6 heteroatoms. The SMILES string of the molecule is CC(NS(=O)(=O)CC1CCNCC1)C1CCCO1. The van der Waals surface area contributed by atoms with Gasteiger partial charge in [-0.1, -0.05) is 0 Å². The van der Waals surface area contributed by atoms with E-state index < -0.39 is 10.0 Å². The molecule has 5 nitrogen and oxygen atoms in total. The summed E-state index contributed by atoms with van der Waals surface area (Å²) in [5.74, 6) is 0.548. The summed E-state index contributed by atoms with van der Waals surface area (Å²) in [7, 11) is -3.18. The first-order valence-corrected chi connectivity index (χ1v) is 8.54. The van der Waals surface area contributed by atoms with E-state index in [2.05, 4.69) is 10.0 Å². The van der Waals surface area contributed by atoms with Crippen molar-refractivity contribution in [3.8, 4) is 0 Å². The maximum absolute atomic E-state index is 12.1. The van der Waals surface area contributed by atoms with Crippen LogP contribution in [0.1, 0.15) is 32.6 Å². The molecule has 2 aliphatic rings. The first kappa shape index (κ1) is 14.2. The molecule has 2 heterocycles. The van der Waals surface area contributed by atoms with Crippen LogP contribution in [0.15, 0.2) is 0 Å². The largest absolute Gasteiger partial charge is 0.377 e. The number of rotatable bonds is 5. The average molecular weight is 276 g/mol. The summed E-state index contributed by atoms with van der Waals surface area (Å²) in [6, 6.07) is -0.112. The van der Waals surface area contributed by atoms with Gasteiger partial charge in [0.1, 0.15) is 0 Å². The highest BCUT2D eigenvalue weighted by Gasteiger charge is 2.28. The second-order valence-corrected chi connectivity index (χ2v) is 7.23. The molecule has 0 amide bonds. The number of nitrogens with one attached hydrogen (secondary N) is 2. The summed E-state index contributed by atoms with van der Waals surface area (Å²) in [6.45, 7) is 4.52. The van der Waals surface area contributed by atoms with Gasteiger partial charge >= 0.3 is 0 Å². The van der Waals surface area contributed by atoms with Gasteiger partial charge < -0.3 is 10.1 Å². The first-order valence-electron chi connectivity index (χ1n) is 6.89. The lowest BCUT2D eigenvalue weighted by molar-refractivity contribution is 0.0902. The van der Waals surface area contributed by atoms with Crippen molar-refractivity contribution in [3.63, 3.8) is 0 Å². The minimum absolute atomic E-state index is 0.0489. The van der Waals surface area contributed by atoms with Gasteiger partial charge in [-0.2, -0.15) is 0 Å². The highest BCUT2D eigenvalue weighted by molar-refractivity contribution is 7.89. The van der Waals surface area contributed by atoms with Crippen molar-refractivity contribution in [1.29, 1.82) is 0 Å². The van der Waals surface area contributed by atoms with Gasteiger partial charge in [-0.05, 0) is 51.6 Å². The normalized spacial score (nSPS) is 28.4. The van der Waals surface area contributed by atoms with Crippen molar-refractivity contribution >= 4 is 10.0 Å². The average Bonchev–Trinajstić information content (AvgIpc) is 2.82. The second kappa shape index (κ2) is 6.32. The Morgan fingerprint density at radius 2 is 2.06 bits per heavy atom. The zero-order valence-electron chi connectivity index (χ0n) is 11.0. The Bertz CT molecular complexity index is 346. The molecule has 0 spiro atoms. The fraction of sp³-hybridized carbons (Fsp3) is 1.00. The zero-order chi connectivity index (χ0) is 13.0. The Balaban J connectivity index is 1.82. The van der Waals surface area contributed by atoms with E-state index in [0.717, 1.165) is 45.4 Å². The van der Waals surface area contributed by atoms with Gasteiger partial charge in [-0.3, -0.25) is 0 Å². The van der Waals surface area contributed by atoms with Crippen LogP contribution in [0.25, 0.3) is 0 Å². The summed E-state index contributed by atoms with van der Waals surface area (Å²) in [5, 5.41) is 3.25. The standard InChI is InChI=1S/C12H24N2O3S/c1-10(12-3-2-8-17-12)14-18(15,16)9-11-4-6-13-7-5-11/h10-14H,2-9H2,1H3. The number of hydrogen-bond donors (Lipinski definition) is 2. The van der Waals surface area contributed by atoms with E-state index in [9.17, 15) is 8.42 Å². The third-order valence-corrected chi connectivity index (χ3v) is 5.44. The van der Waals surface area contributed by atoms with E-state index >= 15 is 0 Å². The Hall–Kier alpha value is -0.170. The molecule has 106 valence electrons. The lowest BCUT2D eigenvalue weighted by Gasteiger charge is -2.25. The number of sulfonamides is 1. The van der Waals surface area contributed by atoms with Crippen LogP contribution in [0.2, 0.25) is 0 Å². The zero-order valence-corrected chi connectivity index (χ0v) is 11.8. The molecule has 0 bridgehead atoms. The molecule has 0 aromatic heterocycles. The van der Waals surface area contributed by atoms with Gasteiger partial charge in [-0.15, -0.1) is 0 Å². The maximum Gasteiger partial charge on any atom is 0.212 e. The van der Waals surface area contributed by atoms with Crippen LogP contribution >= 0.6 is 0 Å². The van der Waals surface area contributed by atoms with E-state index in [-0.39, 0.29) is 17.9 Å². The highest BCUT2D eigenvalue weighted by atomic mass is 32.2. The fourth-order valence-corrected chi connectivity index (χ4v) is 4.53. The van der Waals surface area contributed by atoms with Gasteiger partial charge in [0.05, 0.1) is 11.9 Å². The van der Waals surface area contributed by atoms with Crippen LogP contribution in [0, 0.1) is 5.92 Å². The molecule has 2 rings (SSSR count). The van der Waals surface area contributed by atoms with Crippen LogP contribution in [0.3, 0.4) is 0 Å². The second-order valence-electron chi connectivity index (χ2n) is 5.43. The molecule has 0 radical (unpaired) electrons. The van der Waals surface area contributed by atoms with Crippen molar-refractivity contribution < 1.29 is 13.2 Å². The van der Waals surface area contributed by atoms with E-state index in [1.807, 2.05) is 6.92 Å². The number of ether oxygens (including phenoxy) is 1. The van der Waals surface area contributed by atoms with Gasteiger partial charge in [0.15, 0.2) is 0 Å². The van der Waals surface area contributed by atoms with Crippen molar-refractivity contribution in [2.45, 2.75) is 44.8 Å². The van der Waals surface area contributed by atoms with Crippen molar-refractivity contribution in [2.24, 2.45) is 5.92 Å². The van der Waals surface area contributed by atoms with Crippen LogP contribution < -0.4 is 10.0 Å². The molecule has 2 fully saturated rings. The Morgan fingerprint density at radius 1 is 1.33 bits per heavy atom. The smallest absolute Gasteiger partial charge is 0.212 e. The van der Waals surface area contributed by atoms with Crippen LogP contribution in [0.4, 0.5) is 0 Å². The summed E-state index contributed by atoms with van der Waals surface area (Å²) in [4.78, 5) is 0. The lowest BCUT2D eigenvalue weighted by Crippen LogP contribution is -2.43. The summed E-state index contributed by atoms with van der Waals surface area (Å²) in [5.41, 5.74) is 0. The van der Waals surface area contributed by atoms with E-state index in [1.165, 1.54) is 0 Å².